The Morgan fingerprint density at radius 2 is 1.97 bits per heavy atom. The second-order valence-electron chi connectivity index (χ2n) is 9.45. The third kappa shape index (κ3) is 4.85. The molecule has 4 aromatic rings. The maximum atomic E-state index is 11.8. The van der Waals surface area contributed by atoms with Gasteiger partial charge in [0.05, 0.1) is 16.1 Å². The van der Waals surface area contributed by atoms with Crippen molar-refractivity contribution < 1.29 is 8.42 Å². The fraction of sp³-hybridized carbons (Fsp3) is 0.360. The van der Waals surface area contributed by atoms with Crippen molar-refractivity contribution in [1.29, 1.82) is 0 Å². The minimum absolute atomic E-state index is 0.143. The molecule has 0 unspecified atom stereocenters. The molecule has 1 fully saturated rings. The van der Waals surface area contributed by atoms with Crippen LogP contribution >= 0.6 is 11.3 Å². The second-order valence-corrected chi connectivity index (χ2v) is 12.5. The van der Waals surface area contributed by atoms with Gasteiger partial charge in [-0.15, -0.1) is 11.3 Å². The van der Waals surface area contributed by atoms with Gasteiger partial charge in [0, 0.05) is 54.4 Å². The molecule has 1 N–H and O–H groups in total. The van der Waals surface area contributed by atoms with Crippen molar-refractivity contribution in [3.8, 4) is 10.7 Å². The van der Waals surface area contributed by atoms with Gasteiger partial charge in [-0.1, -0.05) is 19.9 Å². The molecule has 35 heavy (non-hydrogen) atoms. The zero-order valence-corrected chi connectivity index (χ0v) is 21.8. The quantitative estimate of drug-likeness (QED) is 0.377. The molecule has 5 rings (SSSR count). The normalized spacial score (nSPS) is 18.1. The van der Waals surface area contributed by atoms with Crippen LogP contribution in [0.5, 0.6) is 0 Å². The summed E-state index contributed by atoms with van der Waals surface area (Å²) in [5.41, 5.74) is 4.09. The van der Waals surface area contributed by atoms with Gasteiger partial charge < -0.3 is 10.2 Å². The molecule has 1 aromatic carbocycles. The van der Waals surface area contributed by atoms with E-state index in [-0.39, 0.29) is 17.7 Å². The number of benzene rings is 1. The maximum Gasteiger partial charge on any atom is 0.173 e. The van der Waals surface area contributed by atoms with Crippen LogP contribution in [0.15, 0.2) is 48.4 Å². The standard InChI is InChI=1S/C25H28N6O2S2/c1-15(2)18-5-6-21(31-12-17(16(31)3)13-35(4,32)33)20-10-28-24(9-19(18)20)29-23-7-8-27-25(30-23)22-11-26-14-34-22/h5-11,14-17H,12-13H2,1-4H3,(H,27,28,29,30)/t16-,17-/m1/s1. The molecule has 8 nitrogen and oxygen atoms in total. The van der Waals surface area contributed by atoms with Crippen molar-refractivity contribution in [2.24, 2.45) is 5.92 Å². The summed E-state index contributed by atoms with van der Waals surface area (Å²) >= 11 is 1.50. The Hall–Kier alpha value is -3.11. The van der Waals surface area contributed by atoms with Gasteiger partial charge in [0.15, 0.2) is 5.82 Å². The number of sulfone groups is 1. The Kier molecular flexibility index (Phi) is 6.18. The van der Waals surface area contributed by atoms with E-state index in [4.69, 9.17) is 4.98 Å². The second kappa shape index (κ2) is 9.16. The summed E-state index contributed by atoms with van der Waals surface area (Å²) in [5, 5.41) is 5.52. The number of hydrogen-bond acceptors (Lipinski definition) is 9. The smallest absolute Gasteiger partial charge is 0.173 e. The van der Waals surface area contributed by atoms with Crippen molar-refractivity contribution in [2.45, 2.75) is 32.7 Å². The summed E-state index contributed by atoms with van der Waals surface area (Å²) in [4.78, 5) is 21.0. The Bertz CT molecular complexity index is 1470. The molecular formula is C25H28N6O2S2. The first-order valence-corrected chi connectivity index (χ1v) is 14.5. The van der Waals surface area contributed by atoms with Crippen LogP contribution in [0.4, 0.5) is 17.3 Å². The molecule has 0 spiro atoms. The molecule has 10 heteroatoms. The molecule has 182 valence electrons. The van der Waals surface area contributed by atoms with Gasteiger partial charge in [-0.05, 0) is 42.0 Å². The fourth-order valence-corrected chi connectivity index (χ4v) is 6.38. The van der Waals surface area contributed by atoms with Gasteiger partial charge in [0.25, 0.3) is 0 Å². The highest BCUT2D eigenvalue weighted by molar-refractivity contribution is 7.90. The Morgan fingerprint density at radius 3 is 2.66 bits per heavy atom. The number of aromatic nitrogens is 4. The first-order valence-electron chi connectivity index (χ1n) is 11.6. The lowest BCUT2D eigenvalue weighted by atomic mass is 9.88. The van der Waals surface area contributed by atoms with Crippen LogP contribution in [0.25, 0.3) is 21.5 Å². The zero-order valence-electron chi connectivity index (χ0n) is 20.1. The van der Waals surface area contributed by atoms with E-state index in [1.165, 1.54) is 23.2 Å². The van der Waals surface area contributed by atoms with Crippen molar-refractivity contribution >= 4 is 49.3 Å². The van der Waals surface area contributed by atoms with Crippen molar-refractivity contribution in [3.05, 3.63) is 53.9 Å². The van der Waals surface area contributed by atoms with E-state index in [0.717, 1.165) is 27.9 Å². The predicted octanol–water partition coefficient (Wildman–Crippen LogP) is 4.88. The van der Waals surface area contributed by atoms with Crippen LogP contribution in [-0.2, 0) is 9.84 Å². The lowest BCUT2D eigenvalue weighted by Crippen LogP contribution is -2.57. The van der Waals surface area contributed by atoms with Crippen LogP contribution in [0.2, 0.25) is 0 Å². The van der Waals surface area contributed by atoms with Crippen LogP contribution in [0, 0.1) is 5.92 Å². The van der Waals surface area contributed by atoms with Crippen LogP contribution in [0.3, 0.4) is 0 Å². The Labute approximate surface area is 209 Å². The SMILES string of the molecule is CC(C)c1ccc(N2C[C@H](CS(C)(=O)=O)[C@H]2C)c2cnc(Nc3ccnc(-c4cncs4)n3)cc12. The van der Waals surface area contributed by atoms with Gasteiger partial charge in [-0.3, -0.25) is 4.98 Å². The number of fused-ring (bicyclic) bond motifs is 1. The average molecular weight is 509 g/mol. The van der Waals surface area contributed by atoms with E-state index in [9.17, 15) is 8.42 Å². The molecule has 0 aliphatic carbocycles. The summed E-state index contributed by atoms with van der Waals surface area (Å²) in [7, 11) is -3.00. The highest BCUT2D eigenvalue weighted by Gasteiger charge is 2.38. The van der Waals surface area contributed by atoms with Gasteiger partial charge >= 0.3 is 0 Å². The third-order valence-electron chi connectivity index (χ3n) is 6.53. The van der Waals surface area contributed by atoms with Crippen molar-refractivity contribution in [3.63, 3.8) is 0 Å². The molecule has 1 aliphatic rings. The summed E-state index contributed by atoms with van der Waals surface area (Å²) in [6.45, 7) is 7.19. The Morgan fingerprint density at radius 1 is 1.14 bits per heavy atom. The van der Waals surface area contributed by atoms with E-state index >= 15 is 0 Å². The van der Waals surface area contributed by atoms with E-state index in [1.54, 1.807) is 17.9 Å². The lowest BCUT2D eigenvalue weighted by Gasteiger charge is -2.48. The first-order chi connectivity index (χ1) is 16.7. The number of thiazole rings is 1. The largest absolute Gasteiger partial charge is 0.368 e. The number of pyridine rings is 1. The highest BCUT2D eigenvalue weighted by Crippen LogP contribution is 2.39. The summed E-state index contributed by atoms with van der Waals surface area (Å²) in [5.74, 6) is 2.70. The molecule has 1 saturated heterocycles. The van der Waals surface area contributed by atoms with E-state index < -0.39 is 9.84 Å². The van der Waals surface area contributed by atoms with E-state index in [0.29, 0.717) is 23.4 Å². The topological polar surface area (TPSA) is 101 Å². The van der Waals surface area contributed by atoms with Gasteiger partial charge in [0.1, 0.15) is 21.5 Å². The molecule has 2 atom stereocenters. The molecule has 0 bridgehead atoms. The highest BCUT2D eigenvalue weighted by atomic mass is 32.2. The molecular weight excluding hydrogens is 480 g/mol. The van der Waals surface area contributed by atoms with Crippen LogP contribution < -0.4 is 10.2 Å². The molecule has 3 aromatic heterocycles. The maximum absolute atomic E-state index is 11.8. The predicted molar refractivity (Wildman–Crippen MR) is 142 cm³/mol. The molecule has 0 amide bonds. The minimum Gasteiger partial charge on any atom is -0.368 e. The lowest BCUT2D eigenvalue weighted by molar-refractivity contribution is 0.342. The van der Waals surface area contributed by atoms with Gasteiger partial charge in [0.2, 0.25) is 0 Å². The van der Waals surface area contributed by atoms with E-state index in [2.05, 4.69) is 64.1 Å². The van der Waals surface area contributed by atoms with Crippen molar-refractivity contribution in [1.82, 2.24) is 19.9 Å². The first kappa shape index (κ1) is 23.6. The molecule has 0 saturated carbocycles. The van der Waals surface area contributed by atoms with Gasteiger partial charge in [-0.25, -0.2) is 23.4 Å². The Balaban J connectivity index is 1.47. The van der Waals surface area contributed by atoms with Gasteiger partial charge in [-0.2, -0.15) is 0 Å². The molecule has 1 aliphatic heterocycles. The summed E-state index contributed by atoms with van der Waals surface area (Å²) in [6, 6.07) is 8.36. The zero-order chi connectivity index (χ0) is 24.7. The third-order valence-corrected chi connectivity index (χ3v) is 8.33. The number of nitrogens with zero attached hydrogens (tertiary/aromatic N) is 5. The van der Waals surface area contributed by atoms with Crippen molar-refractivity contribution in [2.75, 3.05) is 28.8 Å². The van der Waals surface area contributed by atoms with Crippen LogP contribution in [-0.4, -0.2) is 52.9 Å². The average Bonchev–Trinajstić information content (AvgIpc) is 3.35. The number of anilines is 3. The fourth-order valence-electron chi connectivity index (χ4n) is 4.66. The van der Waals surface area contributed by atoms with E-state index in [1.807, 2.05) is 12.3 Å². The summed E-state index contributed by atoms with van der Waals surface area (Å²) < 4.78 is 23.6. The number of hydrogen-bond donors (Lipinski definition) is 1. The van der Waals surface area contributed by atoms with Crippen LogP contribution in [0.1, 0.15) is 32.3 Å². The number of nitrogens with one attached hydrogen (secondary N) is 1. The monoisotopic (exact) mass is 508 g/mol. The summed E-state index contributed by atoms with van der Waals surface area (Å²) in [6.07, 6.45) is 6.69. The minimum atomic E-state index is -3.00. The molecule has 4 heterocycles. The number of rotatable bonds is 7. The molecule has 0 radical (unpaired) electrons.